The van der Waals surface area contributed by atoms with E-state index < -0.39 is 10.0 Å². The molecule has 6 heteroatoms. The molecule has 0 aromatic rings. The fourth-order valence-electron chi connectivity index (χ4n) is 2.43. The van der Waals surface area contributed by atoms with Gasteiger partial charge in [0.25, 0.3) is 0 Å². The highest BCUT2D eigenvalue weighted by Crippen LogP contribution is 2.15. The first kappa shape index (κ1) is 16.9. The molecule has 0 aromatic heterocycles. The van der Waals surface area contributed by atoms with Gasteiger partial charge in [0.05, 0.1) is 12.4 Å². The minimum Gasteiger partial charge on any atom is -0.380 e. The molecule has 1 aliphatic heterocycles. The van der Waals surface area contributed by atoms with Crippen LogP contribution < -0.4 is 5.32 Å². The summed E-state index contributed by atoms with van der Waals surface area (Å²) in [5.74, 6) is 0.270. The van der Waals surface area contributed by atoms with Crippen molar-refractivity contribution in [2.75, 3.05) is 32.1 Å². The van der Waals surface area contributed by atoms with Crippen LogP contribution >= 0.6 is 0 Å². The molecule has 1 N–H and O–H groups in total. The van der Waals surface area contributed by atoms with Crippen LogP contribution in [0.4, 0.5) is 0 Å². The molecule has 1 saturated heterocycles. The smallest absolute Gasteiger partial charge is 0.214 e. The van der Waals surface area contributed by atoms with E-state index in [0.717, 1.165) is 19.4 Å². The minimum absolute atomic E-state index is 0.270. The number of hydrogen-bond donors (Lipinski definition) is 1. The molecule has 0 amide bonds. The summed E-state index contributed by atoms with van der Waals surface area (Å²) >= 11 is 0. The quantitative estimate of drug-likeness (QED) is 0.730. The molecule has 1 heterocycles. The van der Waals surface area contributed by atoms with Gasteiger partial charge in [0.2, 0.25) is 10.0 Å². The van der Waals surface area contributed by atoms with E-state index in [1.54, 1.807) is 4.31 Å². The second-order valence-corrected chi connectivity index (χ2v) is 7.30. The van der Waals surface area contributed by atoms with Gasteiger partial charge in [-0.05, 0) is 33.1 Å². The largest absolute Gasteiger partial charge is 0.380 e. The van der Waals surface area contributed by atoms with Gasteiger partial charge in [-0.3, -0.25) is 0 Å². The monoisotopic (exact) mass is 292 g/mol. The molecule has 0 aromatic carbocycles. The molecule has 1 rings (SSSR count). The second kappa shape index (κ2) is 8.19. The third kappa shape index (κ3) is 5.77. The van der Waals surface area contributed by atoms with Crippen molar-refractivity contribution in [2.45, 2.75) is 52.1 Å². The molecule has 0 saturated carbocycles. The molecule has 114 valence electrons. The number of sulfonamides is 1. The zero-order chi connectivity index (χ0) is 14.3. The van der Waals surface area contributed by atoms with Crippen molar-refractivity contribution in [3.63, 3.8) is 0 Å². The summed E-state index contributed by atoms with van der Waals surface area (Å²) in [4.78, 5) is 0. The van der Waals surface area contributed by atoms with Crippen LogP contribution in [0, 0.1) is 0 Å². The van der Waals surface area contributed by atoms with Gasteiger partial charge in [-0.15, -0.1) is 0 Å². The average molecular weight is 292 g/mol. The lowest BCUT2D eigenvalue weighted by Gasteiger charge is -2.33. The van der Waals surface area contributed by atoms with Gasteiger partial charge in [-0.1, -0.05) is 6.92 Å². The summed E-state index contributed by atoms with van der Waals surface area (Å²) < 4.78 is 30.9. The Kier molecular flexibility index (Phi) is 7.28. The first-order valence-corrected chi connectivity index (χ1v) is 8.92. The number of nitrogens with zero attached hydrogens (tertiary/aromatic N) is 1. The van der Waals surface area contributed by atoms with E-state index in [1.165, 1.54) is 0 Å². The molecule has 0 radical (unpaired) electrons. The molecule has 0 spiro atoms. The van der Waals surface area contributed by atoms with Crippen molar-refractivity contribution < 1.29 is 13.2 Å². The molecule has 1 unspecified atom stereocenters. The predicted octanol–water partition coefficient (Wildman–Crippen LogP) is 1.21. The topological polar surface area (TPSA) is 58.6 Å². The standard InChI is InChI=1S/C13H28N2O3S/c1-4-10-19(16,17)15-8-6-13(7-9-15)14-12(3)11-18-5-2/h12-14H,4-11H2,1-3H3. The first-order chi connectivity index (χ1) is 8.99. The van der Waals surface area contributed by atoms with Crippen LogP contribution in [0.2, 0.25) is 0 Å². The van der Waals surface area contributed by atoms with Gasteiger partial charge in [0.1, 0.15) is 0 Å². The molecular formula is C13H28N2O3S. The van der Waals surface area contributed by atoms with Gasteiger partial charge in [-0.25, -0.2) is 12.7 Å². The van der Waals surface area contributed by atoms with Gasteiger partial charge < -0.3 is 10.1 Å². The lowest BCUT2D eigenvalue weighted by molar-refractivity contribution is 0.119. The third-order valence-electron chi connectivity index (χ3n) is 3.40. The van der Waals surface area contributed by atoms with E-state index in [9.17, 15) is 8.42 Å². The van der Waals surface area contributed by atoms with Gasteiger partial charge in [-0.2, -0.15) is 0 Å². The highest BCUT2D eigenvalue weighted by molar-refractivity contribution is 7.89. The van der Waals surface area contributed by atoms with Crippen LogP contribution in [-0.4, -0.2) is 56.9 Å². The van der Waals surface area contributed by atoms with E-state index in [4.69, 9.17) is 4.74 Å². The first-order valence-electron chi connectivity index (χ1n) is 7.31. The highest BCUT2D eigenvalue weighted by Gasteiger charge is 2.27. The second-order valence-electron chi connectivity index (χ2n) is 5.22. The number of hydrogen-bond acceptors (Lipinski definition) is 4. The van der Waals surface area contributed by atoms with E-state index in [1.807, 2.05) is 13.8 Å². The Labute approximate surface area is 117 Å². The summed E-state index contributed by atoms with van der Waals surface area (Å²) in [6, 6.07) is 0.729. The molecule has 0 aliphatic carbocycles. The Bertz CT molecular complexity index is 338. The maximum Gasteiger partial charge on any atom is 0.214 e. The maximum absolute atomic E-state index is 11.9. The number of nitrogens with one attached hydrogen (secondary N) is 1. The van der Waals surface area contributed by atoms with E-state index >= 15 is 0 Å². The Morgan fingerprint density at radius 2 is 1.95 bits per heavy atom. The van der Waals surface area contributed by atoms with Crippen molar-refractivity contribution >= 4 is 10.0 Å². The van der Waals surface area contributed by atoms with Crippen molar-refractivity contribution in [3.05, 3.63) is 0 Å². The van der Waals surface area contributed by atoms with Gasteiger partial charge in [0.15, 0.2) is 0 Å². The normalized spacial score (nSPS) is 20.6. The number of rotatable bonds is 8. The van der Waals surface area contributed by atoms with E-state index in [-0.39, 0.29) is 5.75 Å². The number of ether oxygens (including phenoxy) is 1. The van der Waals surface area contributed by atoms with Gasteiger partial charge in [0, 0.05) is 31.8 Å². The van der Waals surface area contributed by atoms with Crippen molar-refractivity contribution in [1.82, 2.24) is 9.62 Å². The fraction of sp³-hybridized carbons (Fsp3) is 1.00. The summed E-state index contributed by atoms with van der Waals surface area (Å²) in [7, 11) is -3.02. The molecular weight excluding hydrogens is 264 g/mol. The minimum atomic E-state index is -3.02. The Morgan fingerprint density at radius 3 is 2.47 bits per heavy atom. The number of piperidine rings is 1. The molecule has 5 nitrogen and oxygen atoms in total. The molecule has 1 atom stereocenters. The summed E-state index contributed by atoms with van der Waals surface area (Å²) in [6.45, 7) is 8.73. The lowest BCUT2D eigenvalue weighted by atomic mass is 10.1. The van der Waals surface area contributed by atoms with Crippen LogP contribution in [0.25, 0.3) is 0 Å². The summed E-state index contributed by atoms with van der Waals surface area (Å²) in [6.07, 6.45) is 2.46. The van der Waals surface area contributed by atoms with Crippen LogP contribution in [0.15, 0.2) is 0 Å². The van der Waals surface area contributed by atoms with Crippen LogP contribution in [0.5, 0.6) is 0 Å². The predicted molar refractivity (Wildman–Crippen MR) is 77.8 cm³/mol. The SMILES string of the molecule is CCCS(=O)(=O)N1CCC(NC(C)COCC)CC1. The molecule has 1 fully saturated rings. The van der Waals surface area contributed by atoms with Crippen molar-refractivity contribution in [3.8, 4) is 0 Å². The molecule has 0 bridgehead atoms. The molecule has 19 heavy (non-hydrogen) atoms. The van der Waals surface area contributed by atoms with Crippen LogP contribution in [0.3, 0.4) is 0 Å². The zero-order valence-corrected chi connectivity index (χ0v) is 13.2. The lowest BCUT2D eigenvalue weighted by Crippen LogP contribution is -2.48. The highest BCUT2D eigenvalue weighted by atomic mass is 32.2. The third-order valence-corrected chi connectivity index (χ3v) is 5.48. The fourth-order valence-corrected chi connectivity index (χ4v) is 3.97. The maximum atomic E-state index is 11.9. The zero-order valence-electron chi connectivity index (χ0n) is 12.4. The summed E-state index contributed by atoms with van der Waals surface area (Å²) in [5.41, 5.74) is 0. The Hall–Kier alpha value is -0.170. The van der Waals surface area contributed by atoms with Gasteiger partial charge >= 0.3 is 0 Å². The molecule has 1 aliphatic rings. The van der Waals surface area contributed by atoms with E-state index in [2.05, 4.69) is 12.2 Å². The Balaban J connectivity index is 2.33. The van der Waals surface area contributed by atoms with Crippen LogP contribution in [0.1, 0.15) is 40.0 Å². The average Bonchev–Trinajstić information content (AvgIpc) is 2.37. The Morgan fingerprint density at radius 1 is 1.32 bits per heavy atom. The summed E-state index contributed by atoms with van der Waals surface area (Å²) in [5, 5.41) is 3.51. The van der Waals surface area contributed by atoms with Crippen LogP contribution in [-0.2, 0) is 14.8 Å². The van der Waals surface area contributed by atoms with Crippen molar-refractivity contribution in [2.24, 2.45) is 0 Å². The van der Waals surface area contributed by atoms with Crippen molar-refractivity contribution in [1.29, 1.82) is 0 Å². The van der Waals surface area contributed by atoms with E-state index in [0.29, 0.717) is 38.2 Å².